The van der Waals surface area contributed by atoms with Crippen LogP contribution in [-0.4, -0.2) is 84.3 Å². The van der Waals surface area contributed by atoms with Gasteiger partial charge < -0.3 is 14.6 Å². The zero-order chi connectivity index (χ0) is 26.8. The summed E-state index contributed by atoms with van der Waals surface area (Å²) in [5.74, 6) is 0.871. The molecule has 1 N–H and O–H groups in total. The van der Waals surface area contributed by atoms with Crippen LogP contribution in [0, 0.1) is 17.2 Å². The molecule has 0 radical (unpaired) electrons. The smallest absolute Gasteiger partial charge is 0.227 e. The number of hydrogen-bond acceptors (Lipinski definition) is 8. The number of hydrogen-bond donors (Lipinski definition) is 1. The van der Waals surface area contributed by atoms with Gasteiger partial charge in [-0.15, -0.1) is 0 Å². The number of H-pyrrole nitrogens is 1. The molecule has 0 amide bonds. The maximum atomic E-state index is 13.4. The van der Waals surface area contributed by atoms with Gasteiger partial charge in [0.05, 0.1) is 30.0 Å². The summed E-state index contributed by atoms with van der Waals surface area (Å²) >= 11 is 0. The Kier molecular flexibility index (Phi) is 7.08. The van der Waals surface area contributed by atoms with Gasteiger partial charge in [0, 0.05) is 74.0 Å². The summed E-state index contributed by atoms with van der Waals surface area (Å²) in [7, 11) is -3.42. The summed E-state index contributed by atoms with van der Waals surface area (Å²) in [4.78, 5) is 16.5. The highest BCUT2D eigenvalue weighted by molar-refractivity contribution is 7.89. The number of rotatable bonds is 7. The lowest BCUT2D eigenvalue weighted by Gasteiger charge is -2.38. The number of fused-ring (bicyclic) bond motifs is 3. The summed E-state index contributed by atoms with van der Waals surface area (Å²) in [6.45, 7) is 4.31. The number of aromatic amines is 1. The van der Waals surface area contributed by atoms with Crippen LogP contribution in [-0.2, 0) is 10.0 Å². The molecule has 10 nitrogen and oxygen atoms in total. The predicted molar refractivity (Wildman–Crippen MR) is 150 cm³/mol. The highest BCUT2D eigenvalue weighted by Gasteiger charge is 2.32. The minimum Gasteiger partial charge on any atom is -0.493 e. The van der Waals surface area contributed by atoms with Gasteiger partial charge in [-0.2, -0.15) is 5.26 Å². The van der Waals surface area contributed by atoms with Crippen LogP contribution >= 0.6 is 0 Å². The number of aromatic nitrogens is 3. The van der Waals surface area contributed by atoms with E-state index in [4.69, 9.17) is 10.00 Å². The van der Waals surface area contributed by atoms with Crippen molar-refractivity contribution in [1.82, 2.24) is 24.2 Å². The Bertz CT molecular complexity index is 1610. The molecular formula is C28H31N7O3S. The highest BCUT2D eigenvalue weighted by Crippen LogP contribution is 2.32. The first kappa shape index (κ1) is 25.6. The van der Waals surface area contributed by atoms with Crippen LogP contribution in [0.3, 0.4) is 0 Å². The van der Waals surface area contributed by atoms with Crippen LogP contribution in [0.15, 0.2) is 55.0 Å². The molecule has 0 aliphatic carbocycles. The van der Waals surface area contributed by atoms with E-state index in [-0.39, 0.29) is 11.8 Å². The molecular weight excluding hydrogens is 514 g/mol. The van der Waals surface area contributed by atoms with Crippen molar-refractivity contribution >= 4 is 37.6 Å². The van der Waals surface area contributed by atoms with Gasteiger partial charge in [-0.05, 0) is 49.2 Å². The van der Waals surface area contributed by atoms with Crippen LogP contribution < -0.4 is 9.64 Å². The fraction of sp³-hybridized carbons (Fsp3) is 0.393. The standard InChI is InChI=1S/C28H31N7O3S/c29-16-21-3-5-23(6-4-21)38-19-22-2-1-11-35(18-22)39(36,37)20-33-12-14-34(15-13-33)26-8-10-30-25-17-32-28-24(27(25)26)7-9-31-28/h3-10,17,22H,1-2,11-15,18-20H2,(H,31,32). The molecule has 5 heterocycles. The molecule has 11 heteroatoms. The molecule has 202 valence electrons. The Morgan fingerprint density at radius 1 is 1.05 bits per heavy atom. The molecule has 39 heavy (non-hydrogen) atoms. The lowest BCUT2D eigenvalue weighted by atomic mass is 10.0. The van der Waals surface area contributed by atoms with E-state index in [9.17, 15) is 8.42 Å². The summed E-state index contributed by atoms with van der Waals surface area (Å²) in [5.41, 5.74) is 3.38. The third-order valence-corrected chi connectivity index (χ3v) is 9.48. The fourth-order valence-electron chi connectivity index (χ4n) is 5.59. The van der Waals surface area contributed by atoms with Crippen molar-refractivity contribution in [3.05, 3.63) is 60.6 Å². The molecule has 1 atom stereocenters. The summed E-state index contributed by atoms with van der Waals surface area (Å²) < 4.78 is 34.3. The number of pyridine rings is 2. The molecule has 4 aromatic rings. The number of ether oxygens (including phenoxy) is 1. The first-order valence-electron chi connectivity index (χ1n) is 13.3. The van der Waals surface area contributed by atoms with Crippen molar-refractivity contribution in [2.24, 2.45) is 5.92 Å². The Balaban J connectivity index is 1.06. The monoisotopic (exact) mass is 545 g/mol. The number of piperidine rings is 1. The van der Waals surface area contributed by atoms with E-state index >= 15 is 0 Å². The number of nitriles is 1. The maximum Gasteiger partial charge on any atom is 0.227 e. The van der Waals surface area contributed by atoms with Crippen molar-refractivity contribution in [2.45, 2.75) is 12.8 Å². The van der Waals surface area contributed by atoms with Crippen molar-refractivity contribution in [1.29, 1.82) is 5.26 Å². The van der Waals surface area contributed by atoms with Gasteiger partial charge in [0.1, 0.15) is 17.3 Å². The summed E-state index contributed by atoms with van der Waals surface area (Å²) in [6, 6.07) is 13.2. The third-order valence-electron chi connectivity index (χ3n) is 7.67. The van der Waals surface area contributed by atoms with Gasteiger partial charge >= 0.3 is 0 Å². The first-order chi connectivity index (χ1) is 19.0. The normalized spacial score (nSPS) is 19.4. The molecule has 2 aliphatic heterocycles. The average Bonchev–Trinajstić information content (AvgIpc) is 3.46. The Hall–Kier alpha value is -3.72. The van der Waals surface area contributed by atoms with Crippen LogP contribution in [0.1, 0.15) is 18.4 Å². The van der Waals surface area contributed by atoms with E-state index < -0.39 is 10.0 Å². The minimum absolute atomic E-state index is 0.0348. The summed E-state index contributed by atoms with van der Waals surface area (Å²) in [5, 5.41) is 11.1. The van der Waals surface area contributed by atoms with E-state index in [0.717, 1.165) is 53.6 Å². The Morgan fingerprint density at radius 2 is 1.87 bits per heavy atom. The van der Waals surface area contributed by atoms with Gasteiger partial charge in [0.2, 0.25) is 10.0 Å². The van der Waals surface area contributed by atoms with E-state index in [2.05, 4.69) is 25.9 Å². The molecule has 0 saturated carbocycles. The van der Waals surface area contributed by atoms with Crippen molar-refractivity contribution in [3.8, 4) is 11.8 Å². The molecule has 0 spiro atoms. The molecule has 2 aliphatic rings. The number of benzene rings is 1. The lowest BCUT2D eigenvalue weighted by Crippen LogP contribution is -2.51. The van der Waals surface area contributed by atoms with Crippen molar-refractivity contribution < 1.29 is 13.2 Å². The van der Waals surface area contributed by atoms with Crippen LogP contribution in [0.4, 0.5) is 5.69 Å². The number of nitrogens with one attached hydrogen (secondary N) is 1. The lowest BCUT2D eigenvalue weighted by molar-refractivity contribution is 0.178. The molecule has 2 saturated heterocycles. The van der Waals surface area contributed by atoms with Crippen LogP contribution in [0.25, 0.3) is 21.9 Å². The predicted octanol–water partition coefficient (Wildman–Crippen LogP) is 3.18. The number of piperazine rings is 1. The quantitative estimate of drug-likeness (QED) is 0.376. The van der Waals surface area contributed by atoms with E-state index in [1.807, 2.05) is 29.4 Å². The zero-order valence-electron chi connectivity index (χ0n) is 21.7. The second-order valence-corrected chi connectivity index (χ2v) is 12.2. The van der Waals surface area contributed by atoms with E-state index in [0.29, 0.717) is 44.1 Å². The van der Waals surface area contributed by atoms with Crippen LogP contribution in [0.2, 0.25) is 0 Å². The average molecular weight is 546 g/mol. The van der Waals surface area contributed by atoms with Crippen LogP contribution in [0.5, 0.6) is 5.75 Å². The zero-order valence-corrected chi connectivity index (χ0v) is 22.5. The highest BCUT2D eigenvalue weighted by atomic mass is 32.2. The Morgan fingerprint density at radius 3 is 2.67 bits per heavy atom. The summed E-state index contributed by atoms with van der Waals surface area (Å²) in [6.07, 6.45) is 7.26. The van der Waals surface area contributed by atoms with E-state index in [1.54, 1.807) is 34.8 Å². The molecule has 3 aromatic heterocycles. The second kappa shape index (κ2) is 10.8. The second-order valence-electron chi connectivity index (χ2n) is 10.2. The number of anilines is 1. The molecule has 2 fully saturated rings. The minimum atomic E-state index is -3.42. The number of nitrogens with zero attached hydrogens (tertiary/aromatic N) is 6. The van der Waals surface area contributed by atoms with Gasteiger partial charge in [0.15, 0.2) is 0 Å². The van der Waals surface area contributed by atoms with Crippen molar-refractivity contribution in [3.63, 3.8) is 0 Å². The van der Waals surface area contributed by atoms with E-state index in [1.165, 1.54) is 0 Å². The third kappa shape index (κ3) is 5.41. The molecule has 6 rings (SSSR count). The van der Waals surface area contributed by atoms with Gasteiger partial charge in [-0.1, -0.05) is 0 Å². The number of sulfonamides is 1. The van der Waals surface area contributed by atoms with Crippen molar-refractivity contribution in [2.75, 3.05) is 56.7 Å². The fourth-order valence-corrected chi connectivity index (χ4v) is 7.31. The molecule has 1 unspecified atom stereocenters. The largest absolute Gasteiger partial charge is 0.493 e. The maximum absolute atomic E-state index is 13.4. The SMILES string of the molecule is N#Cc1ccc(OCC2CCCN(S(=O)(=O)CN3CCN(c4ccnc5cnc6[nH]ccc6c45)CC3)C2)cc1. The topological polar surface area (TPSA) is 118 Å². The Labute approximate surface area is 227 Å². The van der Waals surface area contributed by atoms with Gasteiger partial charge in [-0.25, -0.2) is 17.7 Å². The van der Waals surface area contributed by atoms with Gasteiger partial charge in [0.25, 0.3) is 0 Å². The molecule has 0 bridgehead atoms. The van der Waals surface area contributed by atoms with Gasteiger partial charge in [-0.3, -0.25) is 9.88 Å². The molecule has 1 aromatic carbocycles. The first-order valence-corrected chi connectivity index (χ1v) is 14.9.